The minimum atomic E-state index is -0.908. The summed E-state index contributed by atoms with van der Waals surface area (Å²) in [5, 5.41) is 22.4. The molecule has 4 aliphatic rings. The molecular formula is C22H29NO3. The third-order valence-corrected chi connectivity index (χ3v) is 7.57. The number of likely N-dealkylation sites (tertiary alicyclic amines) is 1. The number of piperidine rings is 1. The van der Waals surface area contributed by atoms with Crippen LogP contribution in [0.1, 0.15) is 50.7 Å². The van der Waals surface area contributed by atoms with Gasteiger partial charge in [-0.25, -0.2) is 0 Å². The summed E-state index contributed by atoms with van der Waals surface area (Å²) in [5.74, 6) is 1.57. The number of phenols is 1. The second-order valence-electron chi connectivity index (χ2n) is 8.98. The van der Waals surface area contributed by atoms with Crippen LogP contribution in [0.4, 0.5) is 0 Å². The molecule has 140 valence electrons. The molecule has 4 atom stereocenters. The van der Waals surface area contributed by atoms with Crippen molar-refractivity contribution in [2.75, 3.05) is 13.1 Å². The first-order valence-corrected chi connectivity index (χ1v) is 10.1. The molecule has 1 spiro atoms. The Bertz CT molecular complexity index is 782. The molecule has 1 saturated heterocycles. The third kappa shape index (κ3) is 1.92. The van der Waals surface area contributed by atoms with Gasteiger partial charge in [0, 0.05) is 18.2 Å². The molecule has 2 bridgehead atoms. The topological polar surface area (TPSA) is 52.9 Å². The minimum absolute atomic E-state index is 0.0931. The van der Waals surface area contributed by atoms with Gasteiger partial charge >= 0.3 is 0 Å². The normalized spacial score (nSPS) is 38.0. The number of hydrogen-bond donors (Lipinski definition) is 2. The van der Waals surface area contributed by atoms with Crippen LogP contribution in [0.2, 0.25) is 0 Å². The maximum Gasteiger partial charge on any atom is 0.166 e. The van der Waals surface area contributed by atoms with E-state index in [9.17, 15) is 10.2 Å². The van der Waals surface area contributed by atoms with Gasteiger partial charge in [0.15, 0.2) is 11.5 Å². The zero-order valence-electron chi connectivity index (χ0n) is 15.8. The smallest absolute Gasteiger partial charge is 0.166 e. The van der Waals surface area contributed by atoms with Crippen molar-refractivity contribution in [1.82, 2.24) is 4.90 Å². The van der Waals surface area contributed by atoms with Crippen LogP contribution in [0, 0.1) is 5.92 Å². The molecule has 5 rings (SSSR count). The molecule has 0 amide bonds. The van der Waals surface area contributed by atoms with E-state index in [2.05, 4.69) is 18.4 Å². The van der Waals surface area contributed by atoms with E-state index >= 15 is 0 Å². The zero-order chi connectivity index (χ0) is 18.3. The van der Waals surface area contributed by atoms with Crippen molar-refractivity contribution in [2.45, 2.75) is 69.1 Å². The van der Waals surface area contributed by atoms with Crippen molar-refractivity contribution < 1.29 is 14.9 Å². The molecule has 0 aromatic heterocycles. The fourth-order valence-corrected chi connectivity index (χ4v) is 5.90. The zero-order valence-corrected chi connectivity index (χ0v) is 15.8. The summed E-state index contributed by atoms with van der Waals surface area (Å²) in [7, 11) is 0. The number of rotatable bonds is 4. The first-order valence-electron chi connectivity index (χ1n) is 10.1. The van der Waals surface area contributed by atoms with E-state index in [-0.39, 0.29) is 17.9 Å². The second kappa shape index (κ2) is 5.26. The first kappa shape index (κ1) is 16.6. The van der Waals surface area contributed by atoms with Gasteiger partial charge in [0.2, 0.25) is 0 Å². The molecule has 2 N–H and O–H groups in total. The van der Waals surface area contributed by atoms with Gasteiger partial charge in [-0.05, 0) is 68.7 Å². The molecule has 0 radical (unpaired) electrons. The lowest BCUT2D eigenvalue weighted by Crippen LogP contribution is -2.73. The summed E-state index contributed by atoms with van der Waals surface area (Å²) in [5.41, 5.74) is 1.86. The van der Waals surface area contributed by atoms with Crippen LogP contribution in [-0.4, -0.2) is 45.9 Å². The van der Waals surface area contributed by atoms with Gasteiger partial charge < -0.3 is 14.9 Å². The molecule has 4 nitrogen and oxygen atoms in total. The Morgan fingerprint density at radius 2 is 2.15 bits per heavy atom. The van der Waals surface area contributed by atoms with Gasteiger partial charge in [-0.1, -0.05) is 19.6 Å². The Balaban J connectivity index is 1.69. The standard InChI is InChI=1S/C22H29NO3/c1-4-13(2)20-22-9-10-23(12-14-5-6-14)17(21(22,3)25)11-15-7-8-16(24)19(26-20)18(15)22/h7-8,14,17,20,24-25H,2,4-6,9-12H2,1,3H3/t17?,20-,21+,22-/m0/s1. The molecule has 1 aromatic carbocycles. The monoisotopic (exact) mass is 355 g/mol. The molecule has 2 aliphatic carbocycles. The Morgan fingerprint density at radius 3 is 2.85 bits per heavy atom. The summed E-state index contributed by atoms with van der Waals surface area (Å²) in [4.78, 5) is 2.52. The summed E-state index contributed by atoms with van der Waals surface area (Å²) >= 11 is 0. The average Bonchev–Trinajstić information content (AvgIpc) is 3.34. The average molecular weight is 355 g/mol. The second-order valence-corrected chi connectivity index (χ2v) is 8.98. The van der Waals surface area contributed by atoms with E-state index in [4.69, 9.17) is 4.74 Å². The highest BCUT2D eigenvalue weighted by Gasteiger charge is 2.68. The van der Waals surface area contributed by atoms with Gasteiger partial charge in [-0.3, -0.25) is 4.90 Å². The van der Waals surface area contributed by atoms with Crippen LogP contribution >= 0.6 is 0 Å². The van der Waals surface area contributed by atoms with Gasteiger partial charge in [-0.2, -0.15) is 0 Å². The highest BCUT2D eigenvalue weighted by atomic mass is 16.5. The van der Waals surface area contributed by atoms with Crippen LogP contribution in [-0.2, 0) is 11.8 Å². The quantitative estimate of drug-likeness (QED) is 0.815. The fourth-order valence-electron chi connectivity index (χ4n) is 5.90. The predicted molar refractivity (Wildman–Crippen MR) is 101 cm³/mol. The number of aromatic hydroxyl groups is 1. The largest absolute Gasteiger partial charge is 0.504 e. The maximum atomic E-state index is 11.9. The van der Waals surface area contributed by atoms with Gasteiger partial charge in [0.05, 0.1) is 11.0 Å². The lowest BCUT2D eigenvalue weighted by Gasteiger charge is -2.60. The van der Waals surface area contributed by atoms with Crippen molar-refractivity contribution in [3.05, 3.63) is 35.4 Å². The molecule has 4 heteroatoms. The molecule has 2 fully saturated rings. The number of aliphatic hydroxyl groups is 1. The number of phenolic OH excluding ortho intramolecular Hbond substituents is 1. The summed E-state index contributed by atoms with van der Waals surface area (Å²) in [6.07, 6.45) is 4.85. The van der Waals surface area contributed by atoms with Gasteiger partial charge in [0.1, 0.15) is 6.10 Å². The number of benzene rings is 1. The number of ether oxygens (including phenoxy) is 1. The van der Waals surface area contributed by atoms with Crippen molar-refractivity contribution >= 4 is 0 Å². The third-order valence-electron chi connectivity index (χ3n) is 7.57. The van der Waals surface area contributed by atoms with E-state index in [1.54, 1.807) is 6.07 Å². The van der Waals surface area contributed by atoms with Gasteiger partial charge in [-0.15, -0.1) is 0 Å². The molecule has 1 saturated carbocycles. The number of fused-ring (bicyclic) bond motifs is 1. The van der Waals surface area contributed by atoms with E-state index in [1.165, 1.54) is 18.4 Å². The molecule has 2 aliphatic heterocycles. The SMILES string of the molecule is C=C(CC)[C@@H]1Oc2c(O)ccc3c2[C@@]12CCN(CC1CC1)C(C3)[C@@]2(C)O. The van der Waals surface area contributed by atoms with Crippen LogP contribution in [0.15, 0.2) is 24.3 Å². The highest BCUT2D eigenvalue weighted by Crippen LogP contribution is 2.63. The Labute approximate surface area is 155 Å². The van der Waals surface area contributed by atoms with E-state index in [1.807, 2.05) is 13.0 Å². The molecule has 1 unspecified atom stereocenters. The fraction of sp³-hybridized carbons (Fsp3) is 0.636. The van der Waals surface area contributed by atoms with Crippen molar-refractivity contribution in [2.24, 2.45) is 5.92 Å². The lowest BCUT2D eigenvalue weighted by atomic mass is 9.52. The van der Waals surface area contributed by atoms with E-state index in [0.717, 1.165) is 49.4 Å². The molecule has 1 aromatic rings. The summed E-state index contributed by atoms with van der Waals surface area (Å²) < 4.78 is 6.33. The minimum Gasteiger partial charge on any atom is -0.504 e. The van der Waals surface area contributed by atoms with Crippen molar-refractivity contribution in [1.29, 1.82) is 0 Å². The highest BCUT2D eigenvalue weighted by molar-refractivity contribution is 5.62. The Hall–Kier alpha value is -1.52. The number of hydrogen-bond acceptors (Lipinski definition) is 4. The van der Waals surface area contributed by atoms with Gasteiger partial charge in [0.25, 0.3) is 0 Å². The van der Waals surface area contributed by atoms with Crippen LogP contribution < -0.4 is 4.74 Å². The van der Waals surface area contributed by atoms with Crippen molar-refractivity contribution in [3.8, 4) is 11.5 Å². The van der Waals surface area contributed by atoms with Crippen LogP contribution in [0.3, 0.4) is 0 Å². The number of nitrogens with zero attached hydrogens (tertiary/aromatic N) is 1. The van der Waals surface area contributed by atoms with Crippen LogP contribution in [0.25, 0.3) is 0 Å². The predicted octanol–water partition coefficient (Wildman–Crippen LogP) is 3.15. The van der Waals surface area contributed by atoms with Crippen LogP contribution in [0.5, 0.6) is 11.5 Å². The summed E-state index contributed by atoms with van der Waals surface area (Å²) in [6, 6.07) is 3.88. The lowest BCUT2D eigenvalue weighted by molar-refractivity contribution is -0.149. The Morgan fingerprint density at radius 1 is 1.38 bits per heavy atom. The Kier molecular flexibility index (Phi) is 3.37. The molecule has 2 heterocycles. The van der Waals surface area contributed by atoms with E-state index in [0.29, 0.717) is 5.75 Å². The van der Waals surface area contributed by atoms with Crippen molar-refractivity contribution in [3.63, 3.8) is 0 Å². The first-order chi connectivity index (χ1) is 12.4. The summed E-state index contributed by atoms with van der Waals surface area (Å²) in [6.45, 7) is 10.4. The van der Waals surface area contributed by atoms with E-state index < -0.39 is 11.0 Å². The molecular weight excluding hydrogens is 326 g/mol. The maximum absolute atomic E-state index is 11.9. The molecule has 26 heavy (non-hydrogen) atoms.